The van der Waals surface area contributed by atoms with Crippen LogP contribution in [-0.2, 0) is 10.0 Å². The Kier molecular flexibility index (Phi) is 5.13. The van der Waals surface area contributed by atoms with Crippen molar-refractivity contribution in [2.45, 2.75) is 31.6 Å². The number of sulfonamides is 1. The molecule has 118 valence electrons. The Morgan fingerprint density at radius 1 is 1.33 bits per heavy atom. The standard InChI is InChI=1S/C15H23BrN2O2S/c1-12-10-13(4-5-14(12)16)21(19,20)17-11-15(2)6-8-18(3)9-7-15/h4-5,10,17H,6-9,11H2,1-3H3. The predicted octanol–water partition coefficient (Wildman–Crippen LogP) is 2.77. The van der Waals surface area contributed by atoms with Crippen molar-refractivity contribution in [2.24, 2.45) is 5.41 Å². The van der Waals surface area contributed by atoms with Crippen LogP contribution in [0.5, 0.6) is 0 Å². The number of rotatable bonds is 4. The molecular formula is C15H23BrN2O2S. The van der Waals surface area contributed by atoms with Gasteiger partial charge in [-0.3, -0.25) is 0 Å². The van der Waals surface area contributed by atoms with Gasteiger partial charge in [-0.05, 0) is 69.1 Å². The zero-order valence-corrected chi connectivity index (χ0v) is 15.2. The number of nitrogens with zero attached hydrogens (tertiary/aromatic N) is 1. The Labute approximate surface area is 136 Å². The van der Waals surface area contributed by atoms with Crippen molar-refractivity contribution in [2.75, 3.05) is 26.7 Å². The lowest BCUT2D eigenvalue weighted by molar-refractivity contribution is 0.143. The molecule has 4 nitrogen and oxygen atoms in total. The third kappa shape index (κ3) is 4.28. The largest absolute Gasteiger partial charge is 0.306 e. The van der Waals surface area contributed by atoms with E-state index in [-0.39, 0.29) is 5.41 Å². The normalized spacial score (nSPS) is 19.6. The predicted molar refractivity (Wildman–Crippen MR) is 88.9 cm³/mol. The van der Waals surface area contributed by atoms with E-state index in [1.165, 1.54) is 0 Å². The molecule has 0 bridgehead atoms. The summed E-state index contributed by atoms with van der Waals surface area (Å²) < 4.78 is 28.5. The molecule has 0 unspecified atom stereocenters. The van der Waals surface area contributed by atoms with Crippen LogP contribution in [0.2, 0.25) is 0 Å². The van der Waals surface area contributed by atoms with Crippen LogP contribution in [0, 0.1) is 12.3 Å². The first-order valence-corrected chi connectivity index (χ1v) is 9.44. The maximum atomic E-state index is 12.4. The summed E-state index contributed by atoms with van der Waals surface area (Å²) in [5.41, 5.74) is 0.965. The van der Waals surface area contributed by atoms with Gasteiger partial charge in [0.05, 0.1) is 4.90 Å². The first-order valence-electron chi connectivity index (χ1n) is 7.16. The lowest BCUT2D eigenvalue weighted by atomic mass is 9.81. The highest BCUT2D eigenvalue weighted by Gasteiger charge is 2.30. The first-order chi connectivity index (χ1) is 9.72. The number of likely N-dealkylation sites (tertiary alicyclic amines) is 1. The van der Waals surface area contributed by atoms with Crippen molar-refractivity contribution >= 4 is 26.0 Å². The second kappa shape index (κ2) is 6.36. The maximum Gasteiger partial charge on any atom is 0.240 e. The summed E-state index contributed by atoms with van der Waals surface area (Å²) in [5.74, 6) is 0. The maximum absolute atomic E-state index is 12.4. The third-order valence-corrected chi connectivity index (χ3v) is 6.61. The van der Waals surface area contributed by atoms with Crippen molar-refractivity contribution in [1.82, 2.24) is 9.62 Å². The van der Waals surface area contributed by atoms with Gasteiger partial charge in [0.25, 0.3) is 0 Å². The number of benzene rings is 1. The Morgan fingerprint density at radius 3 is 2.52 bits per heavy atom. The van der Waals surface area contributed by atoms with Crippen LogP contribution >= 0.6 is 15.9 Å². The molecule has 0 aromatic heterocycles. The summed E-state index contributed by atoms with van der Waals surface area (Å²) >= 11 is 3.39. The fraction of sp³-hybridized carbons (Fsp3) is 0.600. The van der Waals surface area contributed by atoms with Crippen molar-refractivity contribution in [1.29, 1.82) is 0 Å². The minimum absolute atomic E-state index is 0.0456. The smallest absolute Gasteiger partial charge is 0.240 e. The van der Waals surface area contributed by atoms with Gasteiger partial charge in [0, 0.05) is 11.0 Å². The molecule has 0 amide bonds. The van der Waals surface area contributed by atoms with Crippen LogP contribution in [0.3, 0.4) is 0 Å². The van der Waals surface area contributed by atoms with Gasteiger partial charge >= 0.3 is 0 Å². The molecule has 0 aliphatic carbocycles. The van der Waals surface area contributed by atoms with E-state index < -0.39 is 10.0 Å². The molecule has 1 aliphatic rings. The van der Waals surface area contributed by atoms with Gasteiger partial charge in [-0.15, -0.1) is 0 Å². The van der Waals surface area contributed by atoms with Crippen LogP contribution in [0.1, 0.15) is 25.3 Å². The molecule has 6 heteroatoms. The molecule has 1 heterocycles. The van der Waals surface area contributed by atoms with E-state index in [0.29, 0.717) is 11.4 Å². The Morgan fingerprint density at radius 2 is 1.95 bits per heavy atom. The SMILES string of the molecule is Cc1cc(S(=O)(=O)NCC2(C)CCN(C)CC2)ccc1Br. The Hall–Kier alpha value is -0.430. The van der Waals surface area contributed by atoms with Gasteiger partial charge in [0.1, 0.15) is 0 Å². The van der Waals surface area contributed by atoms with Crippen molar-refractivity contribution < 1.29 is 8.42 Å². The molecule has 1 aromatic carbocycles. The third-order valence-electron chi connectivity index (χ3n) is 4.32. The van der Waals surface area contributed by atoms with E-state index in [0.717, 1.165) is 36.0 Å². The summed E-state index contributed by atoms with van der Waals surface area (Å²) in [4.78, 5) is 2.62. The van der Waals surface area contributed by atoms with Gasteiger partial charge in [0.15, 0.2) is 0 Å². The molecule has 0 saturated carbocycles. The first kappa shape index (κ1) is 16.9. The summed E-state index contributed by atoms with van der Waals surface area (Å²) in [6.45, 7) is 6.60. The van der Waals surface area contributed by atoms with Crippen LogP contribution in [0.25, 0.3) is 0 Å². The topological polar surface area (TPSA) is 49.4 Å². The molecule has 1 fully saturated rings. The minimum atomic E-state index is -3.44. The Balaban J connectivity index is 2.06. The summed E-state index contributed by atoms with van der Waals surface area (Å²) in [5, 5.41) is 0. The molecule has 2 rings (SSSR count). The van der Waals surface area contributed by atoms with Crippen LogP contribution in [-0.4, -0.2) is 40.0 Å². The molecule has 1 aromatic rings. The fourth-order valence-electron chi connectivity index (χ4n) is 2.47. The number of hydrogen-bond donors (Lipinski definition) is 1. The molecular weight excluding hydrogens is 352 g/mol. The Bertz CT molecular complexity index is 608. The van der Waals surface area contributed by atoms with Gasteiger partial charge in [-0.1, -0.05) is 22.9 Å². The lowest BCUT2D eigenvalue weighted by Crippen LogP contribution is -2.43. The second-order valence-corrected chi connectivity index (χ2v) is 8.97. The van der Waals surface area contributed by atoms with Crippen LogP contribution < -0.4 is 4.72 Å². The van der Waals surface area contributed by atoms with E-state index in [1.54, 1.807) is 18.2 Å². The highest BCUT2D eigenvalue weighted by Crippen LogP contribution is 2.30. The average Bonchev–Trinajstić information content (AvgIpc) is 2.43. The number of halogens is 1. The molecule has 21 heavy (non-hydrogen) atoms. The quantitative estimate of drug-likeness (QED) is 0.881. The number of aryl methyl sites for hydroxylation is 1. The van der Waals surface area contributed by atoms with Gasteiger partial charge in [0.2, 0.25) is 10.0 Å². The van der Waals surface area contributed by atoms with Gasteiger partial charge < -0.3 is 4.90 Å². The highest BCUT2D eigenvalue weighted by molar-refractivity contribution is 9.10. The van der Waals surface area contributed by atoms with E-state index in [2.05, 4.69) is 39.5 Å². The second-order valence-electron chi connectivity index (χ2n) is 6.35. The average molecular weight is 375 g/mol. The van der Waals surface area contributed by atoms with Crippen molar-refractivity contribution in [3.63, 3.8) is 0 Å². The number of nitrogens with one attached hydrogen (secondary N) is 1. The lowest BCUT2D eigenvalue weighted by Gasteiger charge is -2.37. The monoisotopic (exact) mass is 374 g/mol. The van der Waals surface area contributed by atoms with Crippen molar-refractivity contribution in [3.05, 3.63) is 28.2 Å². The zero-order valence-electron chi connectivity index (χ0n) is 12.8. The number of piperidine rings is 1. The van der Waals surface area contributed by atoms with Crippen LogP contribution in [0.15, 0.2) is 27.6 Å². The summed E-state index contributed by atoms with van der Waals surface area (Å²) in [6, 6.07) is 5.11. The van der Waals surface area contributed by atoms with Crippen LogP contribution in [0.4, 0.5) is 0 Å². The van der Waals surface area contributed by atoms with E-state index in [1.807, 2.05) is 6.92 Å². The van der Waals surface area contributed by atoms with Crippen molar-refractivity contribution in [3.8, 4) is 0 Å². The van der Waals surface area contributed by atoms with E-state index >= 15 is 0 Å². The molecule has 0 spiro atoms. The summed E-state index contributed by atoms with van der Waals surface area (Å²) in [7, 11) is -1.33. The van der Waals surface area contributed by atoms with Gasteiger partial charge in [-0.2, -0.15) is 0 Å². The molecule has 0 atom stereocenters. The zero-order chi connectivity index (χ0) is 15.7. The molecule has 1 N–H and O–H groups in total. The fourth-order valence-corrected chi connectivity index (χ4v) is 4.00. The highest BCUT2D eigenvalue weighted by atomic mass is 79.9. The minimum Gasteiger partial charge on any atom is -0.306 e. The van der Waals surface area contributed by atoms with Gasteiger partial charge in [-0.25, -0.2) is 13.1 Å². The molecule has 0 radical (unpaired) electrons. The van der Waals surface area contributed by atoms with E-state index in [4.69, 9.17) is 0 Å². The number of hydrogen-bond acceptors (Lipinski definition) is 3. The van der Waals surface area contributed by atoms with E-state index in [9.17, 15) is 8.42 Å². The summed E-state index contributed by atoms with van der Waals surface area (Å²) in [6.07, 6.45) is 2.04. The molecule has 1 saturated heterocycles. The molecule has 1 aliphatic heterocycles.